The second-order valence-corrected chi connectivity index (χ2v) is 9.65. The van der Waals surface area contributed by atoms with Crippen molar-refractivity contribution in [1.29, 1.82) is 0 Å². The number of carbonyl (C=O) groups excluding carboxylic acids is 1. The molecule has 2 bridgehead atoms. The van der Waals surface area contributed by atoms with Gasteiger partial charge in [-0.2, -0.15) is 0 Å². The van der Waals surface area contributed by atoms with E-state index in [1.54, 1.807) is 12.1 Å². The van der Waals surface area contributed by atoms with Crippen LogP contribution in [0.15, 0.2) is 29.2 Å². The van der Waals surface area contributed by atoms with E-state index in [-0.39, 0.29) is 22.9 Å². The first kappa shape index (κ1) is 18.4. The summed E-state index contributed by atoms with van der Waals surface area (Å²) in [6.45, 7) is 0. The lowest BCUT2D eigenvalue weighted by molar-refractivity contribution is 0.0756. The van der Waals surface area contributed by atoms with Crippen LogP contribution in [-0.2, 0) is 10.0 Å². The zero-order chi connectivity index (χ0) is 18.2. The molecule has 3 rings (SSSR count). The number of hydrogen-bond acceptors (Lipinski definition) is 4. The molecule has 25 heavy (non-hydrogen) atoms. The molecule has 0 aliphatic heterocycles. The van der Waals surface area contributed by atoms with E-state index in [0.717, 1.165) is 30.0 Å². The standard InChI is InChI=1S/C18H27N3O3S/c1-21(2)25(23,24)16-8-6-12(7-9-16)18(22)20-17-13-4-3-5-14(17)11-15(19)10-13/h6-9,13-15,17H,3-5,10-11,19H2,1-2H3,(H,20,22). The van der Waals surface area contributed by atoms with Crippen LogP contribution in [0.1, 0.15) is 42.5 Å². The van der Waals surface area contributed by atoms with Crippen LogP contribution in [0.5, 0.6) is 0 Å². The number of rotatable bonds is 4. The molecule has 0 radical (unpaired) electrons. The molecule has 2 saturated carbocycles. The van der Waals surface area contributed by atoms with Crippen LogP contribution in [-0.4, -0.2) is 44.8 Å². The summed E-state index contributed by atoms with van der Waals surface area (Å²) in [6, 6.07) is 6.57. The van der Waals surface area contributed by atoms with Crippen LogP contribution in [0.2, 0.25) is 0 Å². The van der Waals surface area contributed by atoms with Crippen molar-refractivity contribution in [1.82, 2.24) is 9.62 Å². The largest absolute Gasteiger partial charge is 0.349 e. The first-order chi connectivity index (χ1) is 11.8. The predicted molar refractivity (Wildman–Crippen MR) is 96.6 cm³/mol. The topological polar surface area (TPSA) is 92.5 Å². The molecule has 1 amide bonds. The number of nitrogens with two attached hydrogens (primary N) is 1. The molecule has 2 aliphatic carbocycles. The van der Waals surface area contributed by atoms with E-state index in [1.165, 1.54) is 32.6 Å². The molecule has 1 aromatic rings. The summed E-state index contributed by atoms with van der Waals surface area (Å²) in [5.41, 5.74) is 6.63. The fraction of sp³-hybridized carbons (Fsp3) is 0.611. The van der Waals surface area contributed by atoms with Gasteiger partial charge in [-0.3, -0.25) is 4.79 Å². The molecule has 0 saturated heterocycles. The Balaban J connectivity index is 1.72. The van der Waals surface area contributed by atoms with Crippen LogP contribution in [0.3, 0.4) is 0 Å². The molecule has 2 fully saturated rings. The number of amides is 1. The van der Waals surface area contributed by atoms with E-state index in [2.05, 4.69) is 5.32 Å². The molecule has 3 N–H and O–H groups in total. The number of nitrogens with one attached hydrogen (secondary N) is 1. The van der Waals surface area contributed by atoms with Gasteiger partial charge in [0.15, 0.2) is 0 Å². The van der Waals surface area contributed by atoms with Gasteiger partial charge in [-0.15, -0.1) is 0 Å². The lowest BCUT2D eigenvalue weighted by Gasteiger charge is -2.45. The third-order valence-electron chi connectivity index (χ3n) is 5.57. The Bertz CT molecular complexity index is 716. The minimum absolute atomic E-state index is 0.133. The number of nitrogens with zero attached hydrogens (tertiary/aromatic N) is 1. The molecule has 138 valence electrons. The average Bonchev–Trinajstić information content (AvgIpc) is 2.55. The Hall–Kier alpha value is -1.44. The molecule has 2 atom stereocenters. The predicted octanol–water partition coefficient (Wildman–Crippen LogP) is 1.57. The summed E-state index contributed by atoms with van der Waals surface area (Å²) in [5.74, 6) is 0.783. The summed E-state index contributed by atoms with van der Waals surface area (Å²) in [4.78, 5) is 12.8. The highest BCUT2D eigenvalue weighted by Gasteiger charge is 2.39. The smallest absolute Gasteiger partial charge is 0.251 e. The maximum absolute atomic E-state index is 12.6. The summed E-state index contributed by atoms with van der Waals surface area (Å²) >= 11 is 0. The molecule has 0 aromatic heterocycles. The molecule has 2 aliphatic rings. The van der Waals surface area contributed by atoms with Crippen molar-refractivity contribution in [2.75, 3.05) is 14.1 Å². The first-order valence-corrected chi connectivity index (χ1v) is 10.3. The summed E-state index contributed by atoms with van der Waals surface area (Å²) in [5, 5.41) is 3.18. The first-order valence-electron chi connectivity index (χ1n) is 8.88. The van der Waals surface area contributed by atoms with Gasteiger partial charge >= 0.3 is 0 Å². The number of sulfonamides is 1. The second-order valence-electron chi connectivity index (χ2n) is 7.49. The van der Waals surface area contributed by atoms with E-state index in [0.29, 0.717) is 17.4 Å². The highest BCUT2D eigenvalue weighted by molar-refractivity contribution is 7.89. The molecule has 1 aromatic carbocycles. The van der Waals surface area contributed by atoms with Crippen LogP contribution in [0.4, 0.5) is 0 Å². The normalized spacial score (nSPS) is 29.4. The maximum atomic E-state index is 12.6. The highest BCUT2D eigenvalue weighted by atomic mass is 32.2. The Morgan fingerprint density at radius 2 is 1.68 bits per heavy atom. The summed E-state index contributed by atoms with van der Waals surface area (Å²) in [7, 11) is -0.500. The molecule has 2 unspecified atom stereocenters. The molecular formula is C18H27N3O3S. The SMILES string of the molecule is CN(C)S(=O)(=O)c1ccc(C(=O)NC2C3CCCC2CC(N)C3)cc1. The molecule has 7 heteroatoms. The van der Waals surface area contributed by atoms with Crippen LogP contribution < -0.4 is 11.1 Å². The quantitative estimate of drug-likeness (QED) is 0.847. The van der Waals surface area contributed by atoms with Crippen molar-refractivity contribution in [3.8, 4) is 0 Å². The Morgan fingerprint density at radius 3 is 2.20 bits per heavy atom. The van der Waals surface area contributed by atoms with Crippen LogP contribution in [0.25, 0.3) is 0 Å². The van der Waals surface area contributed by atoms with Gasteiger partial charge in [0.25, 0.3) is 5.91 Å². The van der Waals surface area contributed by atoms with Crippen molar-refractivity contribution < 1.29 is 13.2 Å². The van der Waals surface area contributed by atoms with Gasteiger partial charge in [0.2, 0.25) is 10.0 Å². The molecular weight excluding hydrogens is 338 g/mol. The van der Waals surface area contributed by atoms with Gasteiger partial charge in [-0.25, -0.2) is 12.7 Å². The maximum Gasteiger partial charge on any atom is 0.251 e. The van der Waals surface area contributed by atoms with E-state index < -0.39 is 10.0 Å². The summed E-state index contributed by atoms with van der Waals surface area (Å²) < 4.78 is 25.4. The van der Waals surface area contributed by atoms with E-state index in [1.807, 2.05) is 0 Å². The second kappa shape index (κ2) is 7.05. The van der Waals surface area contributed by atoms with E-state index >= 15 is 0 Å². The number of hydrogen-bond donors (Lipinski definition) is 2. The van der Waals surface area contributed by atoms with Gasteiger partial charge in [-0.05, 0) is 61.8 Å². The zero-order valence-electron chi connectivity index (χ0n) is 14.8. The third kappa shape index (κ3) is 3.73. The van der Waals surface area contributed by atoms with Crippen LogP contribution in [0, 0.1) is 11.8 Å². The van der Waals surface area contributed by atoms with Gasteiger partial charge < -0.3 is 11.1 Å². The van der Waals surface area contributed by atoms with Gasteiger partial charge in [0, 0.05) is 31.7 Å². The monoisotopic (exact) mass is 365 g/mol. The highest BCUT2D eigenvalue weighted by Crippen LogP contribution is 2.39. The van der Waals surface area contributed by atoms with Gasteiger partial charge in [0.1, 0.15) is 0 Å². The fourth-order valence-electron chi connectivity index (χ4n) is 4.25. The minimum atomic E-state index is -3.48. The number of fused-ring (bicyclic) bond motifs is 2. The molecule has 0 spiro atoms. The van der Waals surface area contributed by atoms with Crippen molar-refractivity contribution in [2.24, 2.45) is 17.6 Å². The van der Waals surface area contributed by atoms with E-state index in [9.17, 15) is 13.2 Å². The number of benzene rings is 1. The van der Waals surface area contributed by atoms with Crippen molar-refractivity contribution >= 4 is 15.9 Å². The van der Waals surface area contributed by atoms with Crippen molar-refractivity contribution in [2.45, 2.75) is 49.1 Å². The van der Waals surface area contributed by atoms with Crippen molar-refractivity contribution in [3.63, 3.8) is 0 Å². The van der Waals surface area contributed by atoms with Crippen molar-refractivity contribution in [3.05, 3.63) is 29.8 Å². The summed E-state index contributed by atoms with van der Waals surface area (Å²) in [6.07, 6.45) is 5.40. The Labute approximate surface area is 149 Å². The van der Waals surface area contributed by atoms with Gasteiger partial charge in [-0.1, -0.05) is 6.42 Å². The molecule has 6 nitrogen and oxygen atoms in total. The van der Waals surface area contributed by atoms with E-state index in [4.69, 9.17) is 5.73 Å². The lowest BCUT2D eigenvalue weighted by Crippen LogP contribution is -2.53. The third-order valence-corrected chi connectivity index (χ3v) is 7.40. The Kier molecular flexibility index (Phi) is 5.18. The minimum Gasteiger partial charge on any atom is -0.349 e. The van der Waals surface area contributed by atoms with Gasteiger partial charge in [0.05, 0.1) is 4.90 Å². The number of carbonyl (C=O) groups is 1. The lowest BCUT2D eigenvalue weighted by atomic mass is 9.67. The fourth-order valence-corrected chi connectivity index (χ4v) is 5.15. The zero-order valence-corrected chi connectivity index (χ0v) is 15.6. The van der Waals surface area contributed by atoms with Crippen LogP contribution >= 0.6 is 0 Å². The molecule has 0 heterocycles. The Morgan fingerprint density at radius 1 is 1.12 bits per heavy atom. The average molecular weight is 365 g/mol.